The van der Waals surface area contributed by atoms with Crippen molar-refractivity contribution in [2.45, 2.75) is 11.4 Å². The van der Waals surface area contributed by atoms with Crippen LogP contribution in [0.25, 0.3) is 0 Å². The van der Waals surface area contributed by atoms with Crippen LogP contribution >= 0.6 is 11.8 Å². The van der Waals surface area contributed by atoms with E-state index in [9.17, 15) is 4.79 Å². The van der Waals surface area contributed by atoms with Gasteiger partial charge in [-0.05, 0) is 24.0 Å². The second kappa shape index (κ2) is 7.66. The zero-order valence-corrected chi connectivity index (χ0v) is 14.3. The van der Waals surface area contributed by atoms with Crippen LogP contribution in [0.4, 0.5) is 0 Å². The molecule has 2 aromatic carbocycles. The Morgan fingerprint density at radius 1 is 0.957 bits per heavy atom. The molecule has 0 radical (unpaired) electrons. The first-order valence-corrected chi connectivity index (χ1v) is 9.19. The van der Waals surface area contributed by atoms with Gasteiger partial charge in [-0.1, -0.05) is 42.5 Å². The van der Waals surface area contributed by atoms with Crippen molar-refractivity contribution in [2.24, 2.45) is 0 Å². The fraction of sp³-hybridized carbons (Fsp3) is 0.316. The molecule has 3 nitrogen and oxygen atoms in total. The number of benzene rings is 2. The Hall–Kier alpha value is -1.78. The van der Waals surface area contributed by atoms with Crippen LogP contribution in [0.2, 0.25) is 0 Å². The van der Waals surface area contributed by atoms with Crippen molar-refractivity contribution in [1.29, 1.82) is 0 Å². The summed E-state index contributed by atoms with van der Waals surface area (Å²) in [5.74, 6) is 0.161. The highest BCUT2D eigenvalue weighted by Gasteiger charge is 2.23. The molecule has 0 aromatic heterocycles. The van der Waals surface area contributed by atoms with Gasteiger partial charge in [-0.15, -0.1) is 11.8 Å². The monoisotopic (exact) mass is 326 g/mol. The largest absolute Gasteiger partial charge is 0.336 e. The summed E-state index contributed by atoms with van der Waals surface area (Å²) in [6.45, 7) is 4.43. The third-order valence-corrected chi connectivity index (χ3v) is 5.04. The van der Waals surface area contributed by atoms with Gasteiger partial charge in [0.15, 0.2) is 0 Å². The minimum Gasteiger partial charge on any atom is -0.336 e. The quantitative estimate of drug-likeness (QED) is 0.805. The maximum absolute atomic E-state index is 12.7. The number of amides is 1. The molecule has 0 saturated carbocycles. The van der Waals surface area contributed by atoms with Crippen LogP contribution in [0.15, 0.2) is 59.5 Å². The van der Waals surface area contributed by atoms with Crippen LogP contribution in [0.5, 0.6) is 0 Å². The van der Waals surface area contributed by atoms with Crippen molar-refractivity contribution in [2.75, 3.05) is 32.4 Å². The molecule has 3 rings (SSSR count). The van der Waals surface area contributed by atoms with E-state index in [0.29, 0.717) is 0 Å². The van der Waals surface area contributed by atoms with E-state index >= 15 is 0 Å². The van der Waals surface area contributed by atoms with Crippen molar-refractivity contribution >= 4 is 17.7 Å². The highest BCUT2D eigenvalue weighted by molar-refractivity contribution is 7.98. The Bertz CT molecular complexity index is 651. The van der Waals surface area contributed by atoms with E-state index in [2.05, 4.69) is 29.2 Å². The van der Waals surface area contributed by atoms with E-state index in [-0.39, 0.29) is 5.91 Å². The van der Waals surface area contributed by atoms with Gasteiger partial charge in [0.2, 0.25) is 0 Å². The first kappa shape index (κ1) is 16.1. The molecule has 1 aliphatic rings. The van der Waals surface area contributed by atoms with Crippen molar-refractivity contribution in [1.82, 2.24) is 9.80 Å². The second-order valence-electron chi connectivity index (χ2n) is 5.75. The maximum Gasteiger partial charge on any atom is 0.255 e. The predicted molar refractivity (Wildman–Crippen MR) is 95.8 cm³/mol. The number of thioether (sulfide) groups is 1. The van der Waals surface area contributed by atoms with Crippen molar-refractivity contribution in [3.8, 4) is 0 Å². The average Bonchev–Trinajstić information content (AvgIpc) is 2.62. The summed E-state index contributed by atoms with van der Waals surface area (Å²) in [4.78, 5) is 18.2. The second-order valence-corrected chi connectivity index (χ2v) is 6.60. The fourth-order valence-electron chi connectivity index (χ4n) is 2.94. The van der Waals surface area contributed by atoms with Crippen LogP contribution in [0, 0.1) is 0 Å². The first-order chi connectivity index (χ1) is 11.3. The molecule has 0 atom stereocenters. The van der Waals surface area contributed by atoms with Gasteiger partial charge in [-0.3, -0.25) is 9.69 Å². The van der Waals surface area contributed by atoms with Crippen LogP contribution in [-0.4, -0.2) is 48.1 Å². The normalized spacial score (nSPS) is 15.6. The van der Waals surface area contributed by atoms with Gasteiger partial charge in [0.1, 0.15) is 0 Å². The van der Waals surface area contributed by atoms with Crippen LogP contribution < -0.4 is 0 Å². The van der Waals surface area contributed by atoms with Gasteiger partial charge in [-0.25, -0.2) is 0 Å². The molecule has 1 aliphatic heterocycles. The Balaban J connectivity index is 1.59. The average molecular weight is 326 g/mol. The van der Waals surface area contributed by atoms with E-state index in [1.54, 1.807) is 11.8 Å². The third-order valence-electron chi connectivity index (χ3n) is 4.25. The van der Waals surface area contributed by atoms with Gasteiger partial charge in [0, 0.05) is 37.6 Å². The summed E-state index contributed by atoms with van der Waals surface area (Å²) in [7, 11) is 0. The lowest BCUT2D eigenvalue weighted by Crippen LogP contribution is -2.48. The molecule has 0 aliphatic carbocycles. The van der Waals surface area contributed by atoms with Gasteiger partial charge in [-0.2, -0.15) is 0 Å². The predicted octanol–water partition coefficient (Wildman–Crippen LogP) is 3.37. The molecule has 1 fully saturated rings. The molecule has 120 valence electrons. The Kier molecular flexibility index (Phi) is 5.36. The standard InChI is InChI=1S/C19H22N2OS/c1-23-18-10-6-5-9-17(18)19(22)21-13-11-20(12-14-21)15-16-7-3-2-4-8-16/h2-10H,11-15H2,1H3. The van der Waals surface area contributed by atoms with E-state index in [1.807, 2.05) is 41.5 Å². The molecular weight excluding hydrogens is 304 g/mol. The van der Waals surface area contributed by atoms with E-state index < -0.39 is 0 Å². The van der Waals surface area contributed by atoms with Gasteiger partial charge >= 0.3 is 0 Å². The summed E-state index contributed by atoms with van der Waals surface area (Å²) in [6.07, 6.45) is 2.02. The number of hydrogen-bond acceptors (Lipinski definition) is 3. The topological polar surface area (TPSA) is 23.6 Å². The number of carbonyl (C=O) groups is 1. The zero-order chi connectivity index (χ0) is 16.1. The minimum atomic E-state index is 0.161. The van der Waals surface area contributed by atoms with Crippen LogP contribution in [0.1, 0.15) is 15.9 Å². The van der Waals surface area contributed by atoms with Crippen molar-refractivity contribution in [3.05, 3.63) is 65.7 Å². The maximum atomic E-state index is 12.7. The first-order valence-electron chi connectivity index (χ1n) is 7.96. The number of carbonyl (C=O) groups excluding carboxylic acids is 1. The highest BCUT2D eigenvalue weighted by atomic mass is 32.2. The molecule has 1 heterocycles. The lowest BCUT2D eigenvalue weighted by atomic mass is 10.1. The molecule has 1 saturated heterocycles. The van der Waals surface area contributed by atoms with Gasteiger partial charge < -0.3 is 4.90 Å². The zero-order valence-electron chi connectivity index (χ0n) is 13.4. The molecule has 0 spiro atoms. The SMILES string of the molecule is CSc1ccccc1C(=O)N1CCN(Cc2ccccc2)CC1. The van der Waals surface area contributed by atoms with Gasteiger partial charge in [0.05, 0.1) is 5.56 Å². The lowest BCUT2D eigenvalue weighted by molar-refractivity contribution is 0.0625. The molecule has 0 unspecified atom stereocenters. The molecule has 0 N–H and O–H groups in total. The summed E-state index contributed by atoms with van der Waals surface area (Å²) < 4.78 is 0. The van der Waals surface area contributed by atoms with E-state index in [1.165, 1.54) is 5.56 Å². The Morgan fingerprint density at radius 3 is 2.30 bits per heavy atom. The van der Waals surface area contributed by atoms with E-state index in [4.69, 9.17) is 0 Å². The summed E-state index contributed by atoms with van der Waals surface area (Å²) >= 11 is 1.63. The smallest absolute Gasteiger partial charge is 0.255 e. The van der Waals surface area contributed by atoms with Crippen LogP contribution in [0.3, 0.4) is 0 Å². The highest BCUT2D eigenvalue weighted by Crippen LogP contribution is 2.22. The number of piperazine rings is 1. The van der Waals surface area contributed by atoms with Crippen molar-refractivity contribution in [3.63, 3.8) is 0 Å². The van der Waals surface area contributed by atoms with Crippen LogP contribution in [-0.2, 0) is 6.54 Å². The molecular formula is C19H22N2OS. The molecule has 4 heteroatoms. The number of nitrogens with zero attached hydrogens (tertiary/aromatic N) is 2. The number of hydrogen-bond donors (Lipinski definition) is 0. The Morgan fingerprint density at radius 2 is 1.61 bits per heavy atom. The third kappa shape index (κ3) is 3.95. The number of rotatable bonds is 4. The minimum absolute atomic E-state index is 0.161. The molecule has 23 heavy (non-hydrogen) atoms. The van der Waals surface area contributed by atoms with Crippen molar-refractivity contribution < 1.29 is 4.79 Å². The summed E-state index contributed by atoms with van der Waals surface area (Å²) in [6, 6.07) is 18.4. The molecule has 0 bridgehead atoms. The Labute approximate surface area is 142 Å². The molecule has 2 aromatic rings. The van der Waals surface area contributed by atoms with Gasteiger partial charge in [0.25, 0.3) is 5.91 Å². The fourth-order valence-corrected chi connectivity index (χ4v) is 3.53. The van der Waals surface area contributed by atoms with E-state index in [0.717, 1.165) is 43.2 Å². The summed E-state index contributed by atoms with van der Waals surface area (Å²) in [5.41, 5.74) is 2.16. The summed E-state index contributed by atoms with van der Waals surface area (Å²) in [5, 5.41) is 0. The lowest BCUT2D eigenvalue weighted by Gasteiger charge is -2.35. The molecule has 1 amide bonds.